The third kappa shape index (κ3) is 4.31. The maximum atomic E-state index is 11.8. The van der Waals surface area contributed by atoms with Crippen LogP contribution in [0.2, 0.25) is 0 Å². The Balaban J connectivity index is 1.59. The second-order valence-electron chi connectivity index (χ2n) is 5.29. The molecule has 20 heavy (non-hydrogen) atoms. The lowest BCUT2D eigenvalue weighted by molar-refractivity contribution is 0.0948. The second-order valence-corrected chi connectivity index (χ2v) is 5.29. The van der Waals surface area contributed by atoms with Gasteiger partial charge in [-0.25, -0.2) is 0 Å². The summed E-state index contributed by atoms with van der Waals surface area (Å²) in [7, 11) is 1.81. The summed E-state index contributed by atoms with van der Waals surface area (Å²) in [5.41, 5.74) is 0.629. The number of aryl methyl sites for hydroxylation is 1. The zero-order chi connectivity index (χ0) is 14.4. The molecule has 6 heteroatoms. The van der Waals surface area contributed by atoms with Crippen LogP contribution >= 0.6 is 0 Å². The molecular formula is C14H25N5O. The van der Waals surface area contributed by atoms with Crippen molar-refractivity contribution in [2.75, 3.05) is 45.8 Å². The predicted molar refractivity (Wildman–Crippen MR) is 78.7 cm³/mol. The van der Waals surface area contributed by atoms with Gasteiger partial charge in [0.15, 0.2) is 0 Å². The lowest BCUT2D eigenvalue weighted by Crippen LogP contribution is -2.46. The Morgan fingerprint density at radius 2 is 2.00 bits per heavy atom. The minimum Gasteiger partial charge on any atom is -0.352 e. The number of piperazine rings is 1. The Bertz CT molecular complexity index is 423. The average molecular weight is 279 g/mol. The average Bonchev–Trinajstić information content (AvgIpc) is 2.91. The molecule has 1 N–H and O–H groups in total. The van der Waals surface area contributed by atoms with Crippen molar-refractivity contribution in [2.45, 2.75) is 13.3 Å². The maximum Gasteiger partial charge on any atom is 0.254 e. The third-order valence-corrected chi connectivity index (χ3v) is 3.82. The van der Waals surface area contributed by atoms with Crippen LogP contribution in [0.5, 0.6) is 0 Å². The molecule has 1 fully saturated rings. The molecule has 1 aromatic rings. The molecule has 2 rings (SSSR count). The van der Waals surface area contributed by atoms with Gasteiger partial charge in [0.1, 0.15) is 0 Å². The maximum absolute atomic E-state index is 11.8. The number of carbonyl (C=O) groups excluding carboxylic acids is 1. The summed E-state index contributed by atoms with van der Waals surface area (Å²) in [5.74, 6) is -0.0334. The second kappa shape index (κ2) is 7.40. The highest BCUT2D eigenvalue weighted by molar-refractivity contribution is 5.93. The Kier molecular flexibility index (Phi) is 5.55. The van der Waals surface area contributed by atoms with Crippen molar-refractivity contribution >= 4 is 5.91 Å². The first-order chi connectivity index (χ1) is 9.69. The van der Waals surface area contributed by atoms with Crippen LogP contribution in [0.15, 0.2) is 12.4 Å². The molecule has 0 unspecified atom stereocenters. The summed E-state index contributed by atoms with van der Waals surface area (Å²) in [4.78, 5) is 16.8. The molecule has 112 valence electrons. The SMILES string of the molecule is CCN1CCN(CCCNC(=O)c2cnn(C)c2)CC1. The summed E-state index contributed by atoms with van der Waals surface area (Å²) >= 11 is 0. The summed E-state index contributed by atoms with van der Waals surface area (Å²) in [5, 5.41) is 6.94. The zero-order valence-corrected chi connectivity index (χ0v) is 12.5. The highest BCUT2D eigenvalue weighted by Gasteiger charge is 2.14. The van der Waals surface area contributed by atoms with Crippen LogP contribution in [0.25, 0.3) is 0 Å². The number of nitrogens with one attached hydrogen (secondary N) is 1. The van der Waals surface area contributed by atoms with Gasteiger partial charge in [-0.1, -0.05) is 6.92 Å². The third-order valence-electron chi connectivity index (χ3n) is 3.82. The normalized spacial score (nSPS) is 17.3. The molecule has 0 radical (unpaired) electrons. The van der Waals surface area contributed by atoms with E-state index in [1.807, 2.05) is 7.05 Å². The largest absolute Gasteiger partial charge is 0.352 e. The predicted octanol–water partition coefficient (Wildman–Crippen LogP) is 0.178. The van der Waals surface area contributed by atoms with Gasteiger partial charge >= 0.3 is 0 Å². The van der Waals surface area contributed by atoms with Crippen molar-refractivity contribution in [3.63, 3.8) is 0 Å². The van der Waals surface area contributed by atoms with Crippen molar-refractivity contribution in [3.05, 3.63) is 18.0 Å². The summed E-state index contributed by atoms with van der Waals surface area (Å²) in [6, 6.07) is 0. The van der Waals surface area contributed by atoms with Gasteiger partial charge in [-0.3, -0.25) is 9.48 Å². The number of nitrogens with zero attached hydrogens (tertiary/aromatic N) is 4. The van der Waals surface area contributed by atoms with Gasteiger partial charge in [0.25, 0.3) is 5.91 Å². The Labute approximate surface area is 120 Å². The number of amides is 1. The smallest absolute Gasteiger partial charge is 0.254 e. The van der Waals surface area contributed by atoms with E-state index in [2.05, 4.69) is 27.1 Å². The van der Waals surface area contributed by atoms with Gasteiger partial charge in [0, 0.05) is 46.0 Å². The summed E-state index contributed by atoms with van der Waals surface area (Å²) in [6.45, 7) is 9.76. The lowest BCUT2D eigenvalue weighted by Gasteiger charge is -2.33. The van der Waals surface area contributed by atoms with Crippen LogP contribution in [0.1, 0.15) is 23.7 Å². The zero-order valence-electron chi connectivity index (χ0n) is 12.5. The van der Waals surface area contributed by atoms with Gasteiger partial charge in [-0.15, -0.1) is 0 Å². The monoisotopic (exact) mass is 279 g/mol. The van der Waals surface area contributed by atoms with Gasteiger partial charge in [0.05, 0.1) is 11.8 Å². The first-order valence-corrected chi connectivity index (χ1v) is 7.40. The molecule has 2 heterocycles. The first-order valence-electron chi connectivity index (χ1n) is 7.40. The van der Waals surface area contributed by atoms with Crippen LogP contribution in [0.3, 0.4) is 0 Å². The van der Waals surface area contributed by atoms with Crippen molar-refractivity contribution < 1.29 is 4.79 Å². The number of likely N-dealkylation sites (N-methyl/N-ethyl adjacent to an activating group) is 1. The molecule has 1 aliphatic heterocycles. The molecular weight excluding hydrogens is 254 g/mol. The minimum atomic E-state index is -0.0334. The highest BCUT2D eigenvalue weighted by Crippen LogP contribution is 2.02. The van der Waals surface area contributed by atoms with Gasteiger partial charge < -0.3 is 15.1 Å². The molecule has 1 aromatic heterocycles. The van der Waals surface area contributed by atoms with Gasteiger partial charge in [-0.2, -0.15) is 5.10 Å². The minimum absolute atomic E-state index is 0.0334. The fraction of sp³-hybridized carbons (Fsp3) is 0.714. The van der Waals surface area contributed by atoms with Gasteiger partial charge in [0.2, 0.25) is 0 Å². The number of rotatable bonds is 6. The van der Waals surface area contributed by atoms with E-state index in [0.29, 0.717) is 5.56 Å². The first kappa shape index (κ1) is 15.0. The van der Waals surface area contributed by atoms with E-state index in [-0.39, 0.29) is 5.91 Å². The van der Waals surface area contributed by atoms with E-state index in [1.165, 1.54) is 13.1 Å². The molecule has 0 aromatic carbocycles. The Morgan fingerprint density at radius 3 is 2.60 bits per heavy atom. The molecule has 0 bridgehead atoms. The fourth-order valence-electron chi connectivity index (χ4n) is 2.47. The van der Waals surface area contributed by atoms with Crippen molar-refractivity contribution in [1.29, 1.82) is 0 Å². The van der Waals surface area contributed by atoms with Crippen LogP contribution in [-0.2, 0) is 7.05 Å². The fourth-order valence-corrected chi connectivity index (χ4v) is 2.47. The quantitative estimate of drug-likeness (QED) is 0.755. The summed E-state index contributed by atoms with van der Waals surface area (Å²) < 4.78 is 1.64. The molecule has 6 nitrogen and oxygen atoms in total. The van der Waals surface area contributed by atoms with E-state index in [1.54, 1.807) is 17.1 Å². The topological polar surface area (TPSA) is 53.4 Å². The summed E-state index contributed by atoms with van der Waals surface area (Å²) in [6.07, 6.45) is 4.33. The lowest BCUT2D eigenvalue weighted by atomic mass is 10.3. The molecule has 0 atom stereocenters. The van der Waals surface area contributed by atoms with Crippen molar-refractivity contribution in [2.24, 2.45) is 7.05 Å². The highest BCUT2D eigenvalue weighted by atomic mass is 16.1. The Morgan fingerprint density at radius 1 is 1.30 bits per heavy atom. The van der Waals surface area contributed by atoms with Gasteiger partial charge in [-0.05, 0) is 19.5 Å². The molecule has 0 spiro atoms. The van der Waals surface area contributed by atoms with E-state index in [9.17, 15) is 4.79 Å². The van der Waals surface area contributed by atoms with Crippen molar-refractivity contribution in [3.8, 4) is 0 Å². The number of carbonyl (C=O) groups is 1. The Hall–Kier alpha value is -1.40. The standard InChI is InChI=1S/C14H25N5O/c1-3-18-7-9-19(10-8-18)6-4-5-15-14(20)13-11-16-17(2)12-13/h11-12H,3-10H2,1-2H3,(H,15,20). The van der Waals surface area contributed by atoms with Crippen LogP contribution in [-0.4, -0.2) is 71.3 Å². The number of hydrogen-bond donors (Lipinski definition) is 1. The van der Waals surface area contributed by atoms with E-state index < -0.39 is 0 Å². The van der Waals surface area contributed by atoms with E-state index in [0.717, 1.165) is 39.1 Å². The molecule has 1 saturated heterocycles. The van der Waals surface area contributed by atoms with E-state index >= 15 is 0 Å². The molecule has 1 amide bonds. The van der Waals surface area contributed by atoms with Crippen LogP contribution in [0, 0.1) is 0 Å². The molecule has 0 aliphatic carbocycles. The van der Waals surface area contributed by atoms with E-state index in [4.69, 9.17) is 0 Å². The molecule has 0 saturated carbocycles. The van der Waals surface area contributed by atoms with Crippen LogP contribution < -0.4 is 5.32 Å². The number of aromatic nitrogens is 2. The van der Waals surface area contributed by atoms with Crippen molar-refractivity contribution in [1.82, 2.24) is 24.9 Å². The molecule has 1 aliphatic rings. The van der Waals surface area contributed by atoms with Crippen LogP contribution in [0.4, 0.5) is 0 Å². The number of hydrogen-bond acceptors (Lipinski definition) is 4.